The number of hydrogen-bond donors (Lipinski definition) is 0. The van der Waals surface area contributed by atoms with Crippen LogP contribution in [0.2, 0.25) is 0 Å². The van der Waals surface area contributed by atoms with Crippen molar-refractivity contribution < 1.29 is 9.21 Å². The van der Waals surface area contributed by atoms with Crippen molar-refractivity contribution in [3.05, 3.63) is 66.5 Å². The van der Waals surface area contributed by atoms with E-state index in [2.05, 4.69) is 30.5 Å². The number of hydrogen-bond acceptors (Lipinski definition) is 3. The largest absolute Gasteiger partial charge is 0.459 e. The number of benzene rings is 1. The van der Waals surface area contributed by atoms with Gasteiger partial charge in [0.25, 0.3) is 5.91 Å². The molecule has 1 aromatic carbocycles. The lowest BCUT2D eigenvalue weighted by molar-refractivity contribution is 0.0646. The lowest BCUT2D eigenvalue weighted by Crippen LogP contribution is -2.40. The number of carbonyl (C=O) groups is 1. The van der Waals surface area contributed by atoms with Gasteiger partial charge in [-0.05, 0) is 30.9 Å². The molecule has 1 atom stereocenters. The predicted molar refractivity (Wildman–Crippen MR) is 105 cm³/mol. The SMILES string of the molecule is CC(C)c1c(-c2ccccc2)ncn1[C@@H]1CCCN(C(=O)c2ccco2)C1. The molecule has 1 fully saturated rings. The van der Waals surface area contributed by atoms with E-state index >= 15 is 0 Å². The lowest BCUT2D eigenvalue weighted by Gasteiger charge is -2.34. The van der Waals surface area contributed by atoms with E-state index in [0.717, 1.165) is 30.6 Å². The van der Waals surface area contributed by atoms with E-state index in [1.54, 1.807) is 18.4 Å². The number of rotatable bonds is 4. The Kier molecular flexibility index (Phi) is 4.84. The predicted octanol–water partition coefficient (Wildman–Crippen LogP) is 4.74. The summed E-state index contributed by atoms with van der Waals surface area (Å²) in [6, 6.07) is 14.0. The van der Waals surface area contributed by atoms with Gasteiger partial charge >= 0.3 is 0 Å². The average molecular weight is 363 g/mol. The van der Waals surface area contributed by atoms with Crippen LogP contribution in [0.4, 0.5) is 0 Å². The molecule has 1 aliphatic heterocycles. The van der Waals surface area contributed by atoms with E-state index in [0.29, 0.717) is 18.2 Å². The van der Waals surface area contributed by atoms with Crippen LogP contribution in [0.3, 0.4) is 0 Å². The van der Waals surface area contributed by atoms with Gasteiger partial charge in [0.2, 0.25) is 0 Å². The number of nitrogens with zero attached hydrogens (tertiary/aromatic N) is 3. The highest BCUT2D eigenvalue weighted by atomic mass is 16.3. The zero-order chi connectivity index (χ0) is 18.8. The summed E-state index contributed by atoms with van der Waals surface area (Å²) in [4.78, 5) is 19.3. The fourth-order valence-electron chi connectivity index (χ4n) is 3.97. The quantitative estimate of drug-likeness (QED) is 0.672. The molecule has 0 N–H and O–H groups in total. The Balaban J connectivity index is 1.63. The van der Waals surface area contributed by atoms with Gasteiger partial charge in [0.05, 0.1) is 24.3 Å². The molecule has 3 heterocycles. The van der Waals surface area contributed by atoms with Gasteiger partial charge in [-0.15, -0.1) is 0 Å². The van der Waals surface area contributed by atoms with Crippen LogP contribution in [0.1, 0.15) is 54.9 Å². The highest BCUT2D eigenvalue weighted by Gasteiger charge is 2.29. The zero-order valence-electron chi connectivity index (χ0n) is 15.8. The molecule has 0 bridgehead atoms. The molecule has 0 radical (unpaired) electrons. The zero-order valence-corrected chi connectivity index (χ0v) is 15.8. The van der Waals surface area contributed by atoms with E-state index < -0.39 is 0 Å². The Morgan fingerprint density at radius 3 is 2.70 bits per heavy atom. The Morgan fingerprint density at radius 2 is 2.00 bits per heavy atom. The van der Waals surface area contributed by atoms with Crippen LogP contribution in [0.25, 0.3) is 11.3 Å². The number of carbonyl (C=O) groups excluding carboxylic acids is 1. The van der Waals surface area contributed by atoms with Gasteiger partial charge in [0, 0.05) is 24.3 Å². The van der Waals surface area contributed by atoms with Crippen molar-refractivity contribution in [1.82, 2.24) is 14.5 Å². The van der Waals surface area contributed by atoms with Crippen LogP contribution < -0.4 is 0 Å². The van der Waals surface area contributed by atoms with E-state index in [1.807, 2.05) is 29.4 Å². The van der Waals surface area contributed by atoms with E-state index in [9.17, 15) is 4.79 Å². The number of piperidine rings is 1. The van der Waals surface area contributed by atoms with Gasteiger partial charge in [-0.2, -0.15) is 0 Å². The first-order valence-electron chi connectivity index (χ1n) is 9.60. The summed E-state index contributed by atoms with van der Waals surface area (Å²) in [6.45, 7) is 5.86. The summed E-state index contributed by atoms with van der Waals surface area (Å²) >= 11 is 0. The first-order valence-corrected chi connectivity index (χ1v) is 9.60. The van der Waals surface area contributed by atoms with E-state index in [1.165, 1.54) is 5.69 Å². The van der Waals surface area contributed by atoms with Gasteiger partial charge in [-0.1, -0.05) is 44.2 Å². The molecule has 1 saturated heterocycles. The Hall–Kier alpha value is -2.82. The van der Waals surface area contributed by atoms with Crippen molar-refractivity contribution in [2.24, 2.45) is 0 Å². The van der Waals surface area contributed by atoms with E-state index in [-0.39, 0.29) is 11.9 Å². The molecule has 3 aromatic rings. The Morgan fingerprint density at radius 1 is 1.19 bits per heavy atom. The number of imidazole rings is 1. The summed E-state index contributed by atoms with van der Waals surface area (Å²) < 4.78 is 7.59. The number of likely N-dealkylation sites (tertiary alicyclic amines) is 1. The minimum absolute atomic E-state index is 0.0285. The van der Waals surface area contributed by atoms with Gasteiger partial charge in [0.1, 0.15) is 0 Å². The first kappa shape index (κ1) is 17.6. The molecule has 4 rings (SSSR count). The van der Waals surface area contributed by atoms with E-state index in [4.69, 9.17) is 9.40 Å². The second-order valence-electron chi connectivity index (χ2n) is 7.43. The molecule has 2 aromatic heterocycles. The minimum atomic E-state index is -0.0285. The smallest absolute Gasteiger partial charge is 0.289 e. The van der Waals surface area contributed by atoms with Crippen molar-refractivity contribution in [2.45, 2.75) is 38.6 Å². The van der Waals surface area contributed by atoms with Crippen LogP contribution >= 0.6 is 0 Å². The molecule has 27 heavy (non-hydrogen) atoms. The van der Waals surface area contributed by atoms with Crippen molar-refractivity contribution >= 4 is 5.91 Å². The topological polar surface area (TPSA) is 51.3 Å². The maximum atomic E-state index is 12.7. The molecule has 5 heteroatoms. The molecule has 0 unspecified atom stereocenters. The second-order valence-corrected chi connectivity index (χ2v) is 7.43. The molecular weight excluding hydrogens is 338 g/mol. The van der Waals surface area contributed by atoms with Gasteiger partial charge in [-0.25, -0.2) is 4.98 Å². The molecule has 1 aliphatic rings. The van der Waals surface area contributed by atoms with Crippen molar-refractivity contribution in [3.8, 4) is 11.3 Å². The van der Waals surface area contributed by atoms with Crippen LogP contribution in [-0.4, -0.2) is 33.4 Å². The highest BCUT2D eigenvalue weighted by Crippen LogP contribution is 2.33. The third kappa shape index (κ3) is 3.42. The first-order chi connectivity index (χ1) is 13.1. The third-order valence-electron chi connectivity index (χ3n) is 5.24. The van der Waals surface area contributed by atoms with Crippen LogP contribution in [0.5, 0.6) is 0 Å². The standard InChI is InChI=1S/C22H25N3O2/c1-16(2)21-20(17-8-4-3-5-9-17)23-15-25(21)18-10-6-12-24(14-18)22(26)19-11-7-13-27-19/h3-5,7-9,11,13,15-16,18H,6,10,12,14H2,1-2H3/t18-/m1/s1. The van der Waals surface area contributed by atoms with Crippen molar-refractivity contribution in [2.75, 3.05) is 13.1 Å². The summed E-state index contributed by atoms with van der Waals surface area (Å²) in [5.41, 5.74) is 3.41. The molecule has 0 aliphatic carbocycles. The normalized spacial score (nSPS) is 17.4. The lowest BCUT2D eigenvalue weighted by atomic mass is 10.00. The van der Waals surface area contributed by atoms with Crippen LogP contribution in [0, 0.1) is 0 Å². The van der Waals surface area contributed by atoms with Crippen molar-refractivity contribution in [3.63, 3.8) is 0 Å². The number of amides is 1. The van der Waals surface area contributed by atoms with Crippen molar-refractivity contribution in [1.29, 1.82) is 0 Å². The number of aromatic nitrogens is 2. The Bertz CT molecular complexity index is 897. The molecule has 0 spiro atoms. The maximum Gasteiger partial charge on any atom is 0.289 e. The fourth-order valence-corrected chi connectivity index (χ4v) is 3.97. The van der Waals surface area contributed by atoms with Gasteiger partial charge < -0.3 is 13.9 Å². The molecule has 1 amide bonds. The van der Waals surface area contributed by atoms with Crippen LogP contribution in [-0.2, 0) is 0 Å². The fraction of sp³-hybridized carbons (Fsp3) is 0.364. The maximum absolute atomic E-state index is 12.7. The summed E-state index contributed by atoms with van der Waals surface area (Å²) in [7, 11) is 0. The van der Waals surface area contributed by atoms with Crippen LogP contribution in [0.15, 0.2) is 59.5 Å². The molecule has 140 valence electrons. The third-order valence-corrected chi connectivity index (χ3v) is 5.24. The second kappa shape index (κ2) is 7.43. The molecule has 0 saturated carbocycles. The molecular formula is C22H25N3O2. The summed E-state index contributed by atoms with van der Waals surface area (Å²) in [5.74, 6) is 0.730. The summed E-state index contributed by atoms with van der Waals surface area (Å²) in [6.07, 6.45) is 5.52. The van der Waals surface area contributed by atoms with Gasteiger partial charge in [-0.3, -0.25) is 4.79 Å². The number of furan rings is 1. The molecule has 5 nitrogen and oxygen atoms in total. The minimum Gasteiger partial charge on any atom is -0.459 e. The summed E-state index contributed by atoms with van der Waals surface area (Å²) in [5, 5.41) is 0. The van der Waals surface area contributed by atoms with Gasteiger partial charge in [0.15, 0.2) is 5.76 Å². The average Bonchev–Trinajstić information content (AvgIpc) is 3.38. The monoisotopic (exact) mass is 363 g/mol. The Labute approximate surface area is 159 Å². The highest BCUT2D eigenvalue weighted by molar-refractivity contribution is 5.91.